The molecule has 1 unspecified atom stereocenters. The average Bonchev–Trinajstić information content (AvgIpc) is 2.13. The van der Waals surface area contributed by atoms with Gasteiger partial charge in [-0.05, 0) is 13.0 Å². The highest BCUT2D eigenvalue weighted by atomic mass is 16.5. The van der Waals surface area contributed by atoms with Crippen molar-refractivity contribution < 1.29 is 19.4 Å². The van der Waals surface area contributed by atoms with E-state index in [2.05, 4.69) is 0 Å². The van der Waals surface area contributed by atoms with Crippen molar-refractivity contribution in [1.29, 1.82) is 0 Å². The predicted octanol–water partition coefficient (Wildman–Crippen LogP) is 0.381. The lowest BCUT2D eigenvalue weighted by Crippen LogP contribution is -2.50. The Balaban J connectivity index is 3.07. The van der Waals surface area contributed by atoms with Gasteiger partial charge in [-0.2, -0.15) is 0 Å². The Morgan fingerprint density at radius 1 is 1.38 bits per heavy atom. The minimum Gasteiger partial charge on any atom is -0.493 e. The molecule has 0 saturated heterocycles. The summed E-state index contributed by atoms with van der Waals surface area (Å²) >= 11 is 0. The summed E-state index contributed by atoms with van der Waals surface area (Å²) in [5.41, 5.74) is -1.62. The largest absolute Gasteiger partial charge is 0.493 e. The van der Waals surface area contributed by atoms with Crippen LogP contribution in [0.25, 0.3) is 0 Å². The van der Waals surface area contributed by atoms with Crippen LogP contribution in [0, 0.1) is 0 Å². The van der Waals surface area contributed by atoms with Gasteiger partial charge in [0.25, 0.3) is 0 Å². The number of carbonyl (C=O) groups is 1. The summed E-state index contributed by atoms with van der Waals surface area (Å²) in [6.45, 7) is 1.71. The topological polar surface area (TPSA) is 55.8 Å². The Bertz CT molecular complexity index is 290. The van der Waals surface area contributed by atoms with Gasteiger partial charge in [-0.1, -0.05) is 6.08 Å². The smallest absolute Gasteiger partial charge is 0.244 e. The number of hydrogen-bond donors (Lipinski definition) is 1. The molecule has 0 aromatic rings. The van der Waals surface area contributed by atoms with Crippen LogP contribution in [0.15, 0.2) is 23.7 Å². The Morgan fingerprint density at radius 2 is 2.00 bits per heavy atom. The van der Waals surface area contributed by atoms with Gasteiger partial charge >= 0.3 is 0 Å². The minimum absolute atomic E-state index is 0.0862. The number of methoxy groups -OCH3 is 2. The second-order valence-corrected chi connectivity index (χ2v) is 2.66. The molecular formula is C9H12O4. The molecule has 0 aliphatic heterocycles. The Kier molecular flexibility index (Phi) is 2.43. The van der Waals surface area contributed by atoms with E-state index in [9.17, 15) is 9.90 Å². The zero-order valence-corrected chi connectivity index (χ0v) is 7.83. The second kappa shape index (κ2) is 3.22. The molecule has 1 rings (SSSR count). The van der Waals surface area contributed by atoms with Gasteiger partial charge < -0.3 is 14.6 Å². The molecule has 0 aromatic carbocycles. The van der Waals surface area contributed by atoms with Crippen LogP contribution < -0.4 is 0 Å². The first-order chi connectivity index (χ1) is 6.11. The molecular weight excluding hydrogens is 172 g/mol. The highest BCUT2D eigenvalue weighted by Gasteiger charge is 2.54. The first kappa shape index (κ1) is 9.80. The van der Waals surface area contributed by atoms with Crippen molar-refractivity contribution in [2.75, 3.05) is 14.2 Å². The van der Waals surface area contributed by atoms with Gasteiger partial charge in [0.2, 0.25) is 17.1 Å². The Morgan fingerprint density at radius 3 is 2.38 bits per heavy atom. The summed E-state index contributed by atoms with van der Waals surface area (Å²) in [4.78, 5) is 11.3. The number of ether oxygens (including phenoxy) is 2. The van der Waals surface area contributed by atoms with Crippen LogP contribution in [0.2, 0.25) is 0 Å². The highest BCUT2D eigenvalue weighted by molar-refractivity contribution is 6.11. The van der Waals surface area contributed by atoms with Crippen LogP contribution in [0.5, 0.6) is 0 Å². The summed E-state index contributed by atoms with van der Waals surface area (Å²) in [6.07, 6.45) is 2.96. The van der Waals surface area contributed by atoms with E-state index in [-0.39, 0.29) is 11.5 Å². The van der Waals surface area contributed by atoms with E-state index < -0.39 is 11.4 Å². The summed E-state index contributed by atoms with van der Waals surface area (Å²) < 4.78 is 9.62. The maximum atomic E-state index is 11.3. The number of rotatable bonds is 3. The molecule has 0 amide bonds. The first-order valence-corrected chi connectivity index (χ1v) is 3.85. The number of ketones is 1. The van der Waals surface area contributed by atoms with Gasteiger partial charge in [0.1, 0.15) is 0 Å². The van der Waals surface area contributed by atoms with Crippen molar-refractivity contribution in [3.63, 3.8) is 0 Å². The van der Waals surface area contributed by atoms with Gasteiger partial charge in [-0.25, -0.2) is 0 Å². The number of allylic oxidation sites excluding steroid dienone is 1. The van der Waals surface area contributed by atoms with Gasteiger partial charge in [-0.15, -0.1) is 0 Å². The maximum absolute atomic E-state index is 11.3. The van der Waals surface area contributed by atoms with E-state index in [1.807, 2.05) is 0 Å². The second-order valence-electron chi connectivity index (χ2n) is 2.66. The molecule has 1 N–H and O–H groups in total. The number of hydrogen-bond acceptors (Lipinski definition) is 4. The van der Waals surface area contributed by atoms with Crippen LogP contribution in [-0.2, 0) is 14.3 Å². The fraction of sp³-hybridized carbons (Fsp3) is 0.444. The molecule has 4 nitrogen and oxygen atoms in total. The van der Waals surface area contributed by atoms with Crippen LogP contribution in [0.1, 0.15) is 6.92 Å². The quantitative estimate of drug-likeness (QED) is 0.644. The maximum Gasteiger partial charge on any atom is 0.244 e. The predicted molar refractivity (Wildman–Crippen MR) is 45.8 cm³/mol. The first-order valence-electron chi connectivity index (χ1n) is 3.85. The summed E-state index contributed by atoms with van der Waals surface area (Å²) in [6, 6.07) is 0. The minimum atomic E-state index is -1.62. The number of Topliss-reactive ketones (excluding diaryl/α,β-unsaturated/α-hetero) is 1. The van der Waals surface area contributed by atoms with Crippen LogP contribution >= 0.6 is 0 Å². The Labute approximate surface area is 76.5 Å². The van der Waals surface area contributed by atoms with Gasteiger partial charge in [0.15, 0.2) is 5.76 Å². The van der Waals surface area contributed by atoms with Gasteiger partial charge in [-0.3, -0.25) is 4.79 Å². The number of carbonyl (C=O) groups excluding carboxylic acids is 1. The van der Waals surface area contributed by atoms with Crippen LogP contribution in [0.4, 0.5) is 0 Å². The molecule has 0 heterocycles. The molecule has 0 aromatic heterocycles. The molecule has 72 valence electrons. The molecule has 1 atom stereocenters. The van der Waals surface area contributed by atoms with E-state index in [1.165, 1.54) is 20.3 Å². The van der Waals surface area contributed by atoms with E-state index >= 15 is 0 Å². The molecule has 0 fully saturated rings. The van der Waals surface area contributed by atoms with Crippen molar-refractivity contribution in [3.8, 4) is 0 Å². The SMILES string of the molecule is C/C=C\C1(O)C(=O)C(OC)=C1OC. The summed E-state index contributed by atoms with van der Waals surface area (Å²) in [5.74, 6) is -0.217. The molecule has 0 saturated carbocycles. The third-order valence-corrected chi connectivity index (χ3v) is 1.92. The van der Waals surface area contributed by atoms with E-state index in [1.54, 1.807) is 13.0 Å². The lowest BCUT2D eigenvalue weighted by Gasteiger charge is -2.34. The van der Waals surface area contributed by atoms with E-state index in [0.717, 1.165) is 0 Å². The molecule has 0 bridgehead atoms. The van der Waals surface area contributed by atoms with Crippen LogP contribution in [0.3, 0.4) is 0 Å². The molecule has 0 spiro atoms. The third-order valence-electron chi connectivity index (χ3n) is 1.92. The van der Waals surface area contributed by atoms with E-state index in [0.29, 0.717) is 0 Å². The highest BCUT2D eigenvalue weighted by Crippen LogP contribution is 2.36. The summed E-state index contributed by atoms with van der Waals surface area (Å²) in [5, 5.41) is 9.74. The zero-order valence-electron chi connectivity index (χ0n) is 7.83. The van der Waals surface area contributed by atoms with E-state index in [4.69, 9.17) is 9.47 Å². The van der Waals surface area contributed by atoms with Crippen LogP contribution in [-0.4, -0.2) is 30.7 Å². The fourth-order valence-corrected chi connectivity index (χ4v) is 1.32. The van der Waals surface area contributed by atoms with Gasteiger partial charge in [0.05, 0.1) is 14.2 Å². The standard InChI is InChI=1S/C9H12O4/c1-4-5-9(11)7(10)6(12-2)8(9)13-3/h4-5,11H,1-3H3/b5-4-. The fourth-order valence-electron chi connectivity index (χ4n) is 1.32. The van der Waals surface area contributed by atoms with Gasteiger partial charge in [0, 0.05) is 0 Å². The zero-order chi connectivity index (χ0) is 10.1. The monoisotopic (exact) mass is 184 g/mol. The normalized spacial score (nSPS) is 27.8. The van der Waals surface area contributed by atoms with Crippen molar-refractivity contribution >= 4 is 5.78 Å². The van der Waals surface area contributed by atoms with Crippen molar-refractivity contribution in [1.82, 2.24) is 0 Å². The summed E-state index contributed by atoms with van der Waals surface area (Å²) in [7, 11) is 2.75. The lowest BCUT2D eigenvalue weighted by atomic mass is 9.82. The van der Waals surface area contributed by atoms with Crippen molar-refractivity contribution in [2.24, 2.45) is 0 Å². The molecule has 4 heteroatoms. The Hall–Kier alpha value is -1.29. The van der Waals surface area contributed by atoms with Crippen molar-refractivity contribution in [3.05, 3.63) is 23.7 Å². The average molecular weight is 184 g/mol. The molecule has 1 aliphatic rings. The molecule has 1 aliphatic carbocycles. The number of aliphatic hydroxyl groups is 1. The third kappa shape index (κ3) is 1.14. The van der Waals surface area contributed by atoms with Crippen molar-refractivity contribution in [2.45, 2.75) is 12.5 Å². The lowest BCUT2D eigenvalue weighted by molar-refractivity contribution is -0.139. The molecule has 0 radical (unpaired) electrons. The molecule has 13 heavy (non-hydrogen) atoms.